The van der Waals surface area contributed by atoms with Crippen LogP contribution in [0.4, 0.5) is 0 Å². The Bertz CT molecular complexity index is 608. The molecule has 0 N–H and O–H groups in total. The fourth-order valence-corrected chi connectivity index (χ4v) is 11.2. The van der Waals surface area contributed by atoms with Gasteiger partial charge in [-0.1, -0.05) is 23.2 Å². The minimum atomic E-state index is -1.37. The summed E-state index contributed by atoms with van der Waals surface area (Å²) in [6.07, 6.45) is 0.940. The SMILES string of the molecule is CC(=O)C1C2CC3C1C1(Cl)C(Cl)C4(Cl)C2C3C1(Cl)C4(Cl)Cl. The van der Waals surface area contributed by atoms with E-state index in [4.69, 9.17) is 69.6 Å². The number of rotatable bonds is 1. The van der Waals surface area contributed by atoms with Gasteiger partial charge in [-0.15, -0.1) is 46.4 Å². The molecular formula is C14H12Cl6O. The maximum atomic E-state index is 12.2. The van der Waals surface area contributed by atoms with E-state index in [0.717, 1.165) is 6.42 Å². The minimum Gasteiger partial charge on any atom is -0.300 e. The summed E-state index contributed by atoms with van der Waals surface area (Å²) < 4.78 is -1.37. The number of Topliss-reactive ketones (excluding diaryl/α,β-unsaturated/α-hetero) is 1. The van der Waals surface area contributed by atoms with Gasteiger partial charge in [0.05, 0.1) is 10.3 Å². The molecule has 0 heterocycles. The maximum Gasteiger partial charge on any atom is 0.160 e. The van der Waals surface area contributed by atoms with Crippen LogP contribution in [0.3, 0.4) is 0 Å². The van der Waals surface area contributed by atoms with Crippen molar-refractivity contribution >= 4 is 75.4 Å². The Kier molecular flexibility index (Phi) is 2.46. The number of carbonyl (C=O) groups is 1. The van der Waals surface area contributed by atoms with Gasteiger partial charge < -0.3 is 0 Å². The van der Waals surface area contributed by atoms with E-state index in [2.05, 4.69) is 0 Å². The van der Waals surface area contributed by atoms with E-state index in [1.165, 1.54) is 0 Å². The van der Waals surface area contributed by atoms with Gasteiger partial charge in [0.1, 0.15) is 15.5 Å². The van der Waals surface area contributed by atoms with Crippen molar-refractivity contribution in [2.45, 2.75) is 37.7 Å². The number of ketones is 1. The van der Waals surface area contributed by atoms with E-state index in [-0.39, 0.29) is 41.3 Å². The van der Waals surface area contributed by atoms with Crippen LogP contribution >= 0.6 is 69.6 Å². The van der Waals surface area contributed by atoms with Gasteiger partial charge in [0.15, 0.2) is 4.33 Å². The molecule has 0 radical (unpaired) electrons. The summed E-state index contributed by atoms with van der Waals surface area (Å²) in [7, 11) is 0. The summed E-state index contributed by atoms with van der Waals surface area (Å²) >= 11 is 41.1. The van der Waals surface area contributed by atoms with E-state index in [1.807, 2.05) is 0 Å². The summed E-state index contributed by atoms with van der Waals surface area (Å²) in [4.78, 5) is 9.09. The molecule has 0 aliphatic heterocycles. The van der Waals surface area contributed by atoms with Crippen LogP contribution in [0, 0.1) is 35.5 Å². The van der Waals surface area contributed by atoms with Crippen LogP contribution in [0.1, 0.15) is 13.3 Å². The summed E-state index contributed by atoms with van der Waals surface area (Å²) in [6.45, 7) is 1.63. The van der Waals surface area contributed by atoms with Crippen molar-refractivity contribution in [1.82, 2.24) is 0 Å². The Morgan fingerprint density at radius 1 is 0.952 bits per heavy atom. The van der Waals surface area contributed by atoms with Gasteiger partial charge in [-0.3, -0.25) is 4.79 Å². The van der Waals surface area contributed by atoms with Crippen molar-refractivity contribution in [3.05, 3.63) is 0 Å². The van der Waals surface area contributed by atoms with Crippen molar-refractivity contribution in [2.75, 3.05) is 0 Å². The topological polar surface area (TPSA) is 17.1 Å². The smallest absolute Gasteiger partial charge is 0.160 e. The molecule has 0 aromatic heterocycles. The molecule has 0 amide bonds. The van der Waals surface area contributed by atoms with E-state index < -0.39 is 24.3 Å². The third-order valence-corrected chi connectivity index (χ3v) is 12.3. The highest BCUT2D eigenvalue weighted by atomic mass is 35.5. The maximum absolute atomic E-state index is 12.2. The van der Waals surface area contributed by atoms with Crippen LogP contribution in [0.2, 0.25) is 0 Å². The molecular weight excluding hydrogens is 397 g/mol. The van der Waals surface area contributed by atoms with Crippen LogP contribution in [-0.4, -0.2) is 30.1 Å². The molecule has 5 rings (SSSR count). The van der Waals surface area contributed by atoms with Crippen LogP contribution < -0.4 is 0 Å². The summed E-state index contributed by atoms with van der Waals surface area (Å²) in [6, 6.07) is 0. The molecule has 5 fully saturated rings. The van der Waals surface area contributed by atoms with Crippen LogP contribution in [0.5, 0.6) is 0 Å². The molecule has 0 spiro atoms. The van der Waals surface area contributed by atoms with E-state index in [0.29, 0.717) is 0 Å². The first-order chi connectivity index (χ1) is 9.58. The van der Waals surface area contributed by atoms with Gasteiger partial charge in [-0.05, 0) is 42.9 Å². The van der Waals surface area contributed by atoms with Crippen molar-refractivity contribution in [1.29, 1.82) is 0 Å². The van der Waals surface area contributed by atoms with Crippen molar-refractivity contribution in [2.24, 2.45) is 35.5 Å². The summed E-state index contributed by atoms with van der Waals surface area (Å²) in [5.74, 6) is 0.419. The molecule has 5 aliphatic rings. The predicted octanol–water partition coefficient (Wildman–Crippen LogP) is 4.44. The number of fused-ring (bicyclic) bond motifs is 5. The lowest BCUT2D eigenvalue weighted by molar-refractivity contribution is -0.124. The highest BCUT2D eigenvalue weighted by Crippen LogP contribution is 2.92. The Morgan fingerprint density at radius 2 is 1.57 bits per heavy atom. The first kappa shape index (κ1) is 14.7. The summed E-state index contributed by atoms with van der Waals surface area (Å²) in [5, 5.41) is -0.635. The lowest BCUT2D eigenvalue weighted by Crippen LogP contribution is -2.54. The molecule has 0 aromatic rings. The van der Waals surface area contributed by atoms with Crippen molar-refractivity contribution < 1.29 is 4.79 Å². The molecule has 0 aromatic carbocycles. The highest BCUT2D eigenvalue weighted by Gasteiger charge is 3.00. The van der Waals surface area contributed by atoms with Crippen molar-refractivity contribution in [3.63, 3.8) is 0 Å². The first-order valence-electron chi connectivity index (χ1n) is 7.17. The lowest BCUT2D eigenvalue weighted by atomic mass is 9.71. The Morgan fingerprint density at radius 3 is 2.14 bits per heavy atom. The average Bonchev–Trinajstić information content (AvgIpc) is 3.03. The minimum absolute atomic E-state index is 0.0290. The van der Waals surface area contributed by atoms with Crippen LogP contribution in [0.25, 0.3) is 0 Å². The zero-order chi connectivity index (χ0) is 15.3. The van der Waals surface area contributed by atoms with Gasteiger partial charge in [-0.25, -0.2) is 0 Å². The van der Waals surface area contributed by atoms with E-state index in [9.17, 15) is 4.79 Å². The normalized spacial score (nSPS) is 71.1. The molecule has 4 bridgehead atoms. The number of hydrogen-bond acceptors (Lipinski definition) is 1. The van der Waals surface area contributed by atoms with Gasteiger partial charge in [0.25, 0.3) is 0 Å². The molecule has 5 saturated carbocycles. The van der Waals surface area contributed by atoms with Gasteiger partial charge >= 0.3 is 0 Å². The van der Waals surface area contributed by atoms with Gasteiger partial charge in [0.2, 0.25) is 0 Å². The van der Waals surface area contributed by atoms with E-state index in [1.54, 1.807) is 6.92 Å². The third kappa shape index (κ3) is 0.987. The molecule has 116 valence electrons. The second-order valence-electron chi connectivity index (χ2n) is 7.46. The zero-order valence-electron chi connectivity index (χ0n) is 10.9. The molecule has 5 aliphatic carbocycles. The average molecular weight is 409 g/mol. The van der Waals surface area contributed by atoms with Crippen LogP contribution in [-0.2, 0) is 4.79 Å². The molecule has 1 nitrogen and oxygen atoms in total. The fraction of sp³-hybridized carbons (Fsp3) is 0.929. The van der Waals surface area contributed by atoms with Crippen LogP contribution in [0.15, 0.2) is 0 Å². The Hall–Kier alpha value is 1.41. The van der Waals surface area contributed by atoms with Gasteiger partial charge in [0, 0.05) is 5.92 Å². The third-order valence-electron chi connectivity index (χ3n) is 7.30. The Balaban J connectivity index is 1.87. The summed E-state index contributed by atoms with van der Waals surface area (Å²) in [5.41, 5.74) is 0. The lowest BCUT2D eigenvalue weighted by Gasteiger charge is -2.41. The number of halogens is 6. The standard InChI is InChI=1S/C14H12Cl6O/c1-3(21)6-4-2-5-7(6)11(16)10(15)12(17)8(4)9(5)13(11,18)14(12,19)20/h4-10H,2H2,1H3. The number of alkyl halides is 6. The number of carbonyl (C=O) groups excluding carboxylic acids is 1. The second-order valence-corrected chi connectivity index (χ2v) is 11.1. The quantitative estimate of drug-likeness (QED) is 0.586. The fourth-order valence-electron chi connectivity index (χ4n) is 7.08. The predicted molar refractivity (Wildman–Crippen MR) is 86.1 cm³/mol. The second kappa shape index (κ2) is 3.51. The molecule has 10 atom stereocenters. The largest absolute Gasteiger partial charge is 0.300 e. The monoisotopic (exact) mass is 406 g/mol. The highest BCUT2D eigenvalue weighted by molar-refractivity contribution is 6.63. The van der Waals surface area contributed by atoms with E-state index >= 15 is 0 Å². The first-order valence-corrected chi connectivity index (χ1v) is 9.49. The van der Waals surface area contributed by atoms with Crippen molar-refractivity contribution in [3.8, 4) is 0 Å². The number of hydrogen-bond donors (Lipinski definition) is 0. The molecule has 21 heavy (non-hydrogen) atoms. The Labute approximate surface area is 152 Å². The van der Waals surface area contributed by atoms with Gasteiger partial charge in [-0.2, -0.15) is 0 Å². The molecule has 0 saturated heterocycles. The molecule has 7 heteroatoms. The molecule has 10 unspecified atom stereocenters. The zero-order valence-corrected chi connectivity index (χ0v) is 15.5.